The predicted molar refractivity (Wildman–Crippen MR) is 99.2 cm³/mol. The number of ether oxygens (including phenoxy) is 2. The first-order valence-electron chi connectivity index (χ1n) is 8.39. The molecule has 0 saturated carbocycles. The zero-order valence-electron chi connectivity index (χ0n) is 15.0. The summed E-state index contributed by atoms with van der Waals surface area (Å²) in [6.07, 6.45) is 0. The van der Waals surface area contributed by atoms with E-state index in [9.17, 15) is 4.79 Å². The van der Waals surface area contributed by atoms with Crippen molar-refractivity contribution in [1.82, 2.24) is 25.5 Å². The van der Waals surface area contributed by atoms with Crippen molar-refractivity contribution in [2.24, 2.45) is 0 Å². The van der Waals surface area contributed by atoms with E-state index in [4.69, 9.17) is 9.47 Å². The average molecular weight is 368 g/mol. The average Bonchev–Trinajstić information content (AvgIpc) is 3.17. The molecule has 1 aromatic heterocycles. The second kappa shape index (κ2) is 8.65. The summed E-state index contributed by atoms with van der Waals surface area (Å²) in [5.41, 5.74) is 1.35. The number of tetrazole rings is 1. The van der Waals surface area contributed by atoms with Gasteiger partial charge in [-0.1, -0.05) is 12.1 Å². The summed E-state index contributed by atoms with van der Waals surface area (Å²) in [7, 11) is 1.60. The van der Waals surface area contributed by atoms with E-state index >= 15 is 0 Å². The molecule has 140 valence electrons. The smallest absolute Gasteiger partial charge is 0.319 e. The van der Waals surface area contributed by atoms with Gasteiger partial charge in [0, 0.05) is 0 Å². The Morgan fingerprint density at radius 1 is 1.15 bits per heavy atom. The van der Waals surface area contributed by atoms with E-state index in [-0.39, 0.29) is 12.6 Å². The normalized spacial score (nSPS) is 10.3. The van der Waals surface area contributed by atoms with Crippen molar-refractivity contribution in [3.8, 4) is 17.2 Å². The zero-order chi connectivity index (χ0) is 19.1. The Morgan fingerprint density at radius 2 is 1.93 bits per heavy atom. The Labute approximate surface area is 156 Å². The highest BCUT2D eigenvalue weighted by Crippen LogP contribution is 2.23. The minimum absolute atomic E-state index is 0.154. The molecule has 2 amide bonds. The highest BCUT2D eigenvalue weighted by Gasteiger charge is 2.11. The number of carbonyl (C=O) groups excluding carboxylic acids is 1. The molecule has 1 heterocycles. The number of carbonyl (C=O) groups is 1. The van der Waals surface area contributed by atoms with Gasteiger partial charge in [-0.25, -0.2) is 4.79 Å². The number of para-hydroxylation sites is 2. The van der Waals surface area contributed by atoms with Crippen LogP contribution in [0.1, 0.15) is 12.7 Å². The maximum atomic E-state index is 12.2. The fraction of sp³-hybridized carbons (Fsp3) is 0.222. The molecule has 3 aromatic rings. The summed E-state index contributed by atoms with van der Waals surface area (Å²) in [5.74, 6) is 1.84. The molecule has 2 aromatic carbocycles. The van der Waals surface area contributed by atoms with Crippen molar-refractivity contribution < 1.29 is 14.3 Å². The van der Waals surface area contributed by atoms with Crippen LogP contribution in [0.3, 0.4) is 0 Å². The van der Waals surface area contributed by atoms with Crippen molar-refractivity contribution in [2.75, 3.05) is 19.0 Å². The standard InChI is InChI=1S/C18H20N6O3/c1-3-27-16-7-5-4-6-15(16)20-18(25)19-12-17-21-22-23-24(17)13-8-10-14(26-2)11-9-13/h4-11H,3,12H2,1-2H3,(H2,19,20,25). The van der Waals surface area contributed by atoms with Crippen LogP contribution in [0.25, 0.3) is 5.69 Å². The number of urea groups is 1. The van der Waals surface area contributed by atoms with E-state index in [1.165, 1.54) is 0 Å². The minimum Gasteiger partial charge on any atom is -0.497 e. The van der Waals surface area contributed by atoms with Gasteiger partial charge in [0.2, 0.25) is 0 Å². The van der Waals surface area contributed by atoms with E-state index in [0.717, 1.165) is 11.4 Å². The first kappa shape index (κ1) is 18.2. The molecule has 9 nitrogen and oxygen atoms in total. The maximum absolute atomic E-state index is 12.2. The Morgan fingerprint density at radius 3 is 2.67 bits per heavy atom. The number of benzene rings is 2. The fourth-order valence-electron chi connectivity index (χ4n) is 2.42. The van der Waals surface area contributed by atoms with Gasteiger partial charge in [-0.2, -0.15) is 4.68 Å². The zero-order valence-corrected chi connectivity index (χ0v) is 15.0. The van der Waals surface area contributed by atoms with Gasteiger partial charge in [0.15, 0.2) is 5.82 Å². The highest BCUT2D eigenvalue weighted by molar-refractivity contribution is 5.90. The molecule has 3 rings (SSSR count). The number of amides is 2. The number of aromatic nitrogens is 4. The van der Waals surface area contributed by atoms with Gasteiger partial charge in [-0.3, -0.25) is 0 Å². The third-order valence-electron chi connectivity index (χ3n) is 3.69. The molecule has 9 heteroatoms. The number of anilines is 1. The highest BCUT2D eigenvalue weighted by atomic mass is 16.5. The quantitative estimate of drug-likeness (QED) is 0.664. The summed E-state index contributed by atoms with van der Waals surface area (Å²) in [5, 5.41) is 17.1. The number of nitrogens with zero attached hydrogens (tertiary/aromatic N) is 4. The Bertz CT molecular complexity index is 894. The van der Waals surface area contributed by atoms with Gasteiger partial charge in [0.1, 0.15) is 11.5 Å². The van der Waals surface area contributed by atoms with Gasteiger partial charge in [-0.15, -0.1) is 5.10 Å². The van der Waals surface area contributed by atoms with Crippen LogP contribution in [0.5, 0.6) is 11.5 Å². The van der Waals surface area contributed by atoms with Crippen molar-refractivity contribution >= 4 is 11.7 Å². The Kier molecular flexibility index (Phi) is 5.83. The SMILES string of the molecule is CCOc1ccccc1NC(=O)NCc1nnnn1-c1ccc(OC)cc1. The molecule has 0 aliphatic heterocycles. The van der Waals surface area contributed by atoms with Crippen LogP contribution < -0.4 is 20.1 Å². The number of hydrogen-bond acceptors (Lipinski definition) is 6. The lowest BCUT2D eigenvalue weighted by Crippen LogP contribution is -2.29. The second-order valence-electron chi connectivity index (χ2n) is 5.44. The third kappa shape index (κ3) is 4.51. The molecule has 0 fully saturated rings. The molecule has 0 aliphatic carbocycles. The number of methoxy groups -OCH3 is 1. The summed E-state index contributed by atoms with van der Waals surface area (Å²) in [4.78, 5) is 12.2. The third-order valence-corrected chi connectivity index (χ3v) is 3.69. The van der Waals surface area contributed by atoms with Gasteiger partial charge >= 0.3 is 6.03 Å². The maximum Gasteiger partial charge on any atom is 0.319 e. The Hall–Kier alpha value is -3.62. The van der Waals surface area contributed by atoms with Crippen LogP contribution in [0, 0.1) is 0 Å². The largest absolute Gasteiger partial charge is 0.497 e. The van der Waals surface area contributed by atoms with Gasteiger partial charge in [-0.05, 0) is 53.7 Å². The monoisotopic (exact) mass is 368 g/mol. The van der Waals surface area contributed by atoms with E-state index in [1.54, 1.807) is 23.9 Å². The first-order chi connectivity index (χ1) is 13.2. The van der Waals surface area contributed by atoms with Crippen molar-refractivity contribution in [3.05, 3.63) is 54.4 Å². The van der Waals surface area contributed by atoms with Crippen LogP contribution >= 0.6 is 0 Å². The van der Waals surface area contributed by atoms with E-state index in [2.05, 4.69) is 26.2 Å². The summed E-state index contributed by atoms with van der Waals surface area (Å²) < 4.78 is 12.2. The summed E-state index contributed by atoms with van der Waals surface area (Å²) in [6, 6.07) is 14.1. The van der Waals surface area contributed by atoms with Crippen LogP contribution in [-0.2, 0) is 6.54 Å². The van der Waals surface area contributed by atoms with Crippen LogP contribution in [0.2, 0.25) is 0 Å². The molecule has 0 unspecified atom stereocenters. The molecule has 0 bridgehead atoms. The topological polar surface area (TPSA) is 103 Å². The van der Waals surface area contributed by atoms with Crippen molar-refractivity contribution in [2.45, 2.75) is 13.5 Å². The molecule has 0 radical (unpaired) electrons. The fourth-order valence-corrected chi connectivity index (χ4v) is 2.42. The molecule has 0 aliphatic rings. The number of nitrogens with one attached hydrogen (secondary N) is 2. The van der Waals surface area contributed by atoms with Gasteiger partial charge in [0.05, 0.1) is 31.6 Å². The van der Waals surface area contributed by atoms with Crippen molar-refractivity contribution in [3.63, 3.8) is 0 Å². The second-order valence-corrected chi connectivity index (χ2v) is 5.44. The van der Waals surface area contributed by atoms with Crippen LogP contribution in [-0.4, -0.2) is 40.0 Å². The first-order valence-corrected chi connectivity index (χ1v) is 8.39. The number of rotatable bonds is 7. The lowest BCUT2D eigenvalue weighted by atomic mass is 10.3. The molecule has 0 saturated heterocycles. The van der Waals surface area contributed by atoms with Gasteiger partial charge in [0.25, 0.3) is 0 Å². The van der Waals surface area contributed by atoms with E-state index < -0.39 is 0 Å². The van der Waals surface area contributed by atoms with Crippen LogP contribution in [0.4, 0.5) is 10.5 Å². The number of hydrogen-bond donors (Lipinski definition) is 2. The Balaban J connectivity index is 1.64. The van der Waals surface area contributed by atoms with Crippen molar-refractivity contribution in [1.29, 1.82) is 0 Å². The van der Waals surface area contributed by atoms with Gasteiger partial charge < -0.3 is 20.1 Å². The summed E-state index contributed by atoms with van der Waals surface area (Å²) in [6.45, 7) is 2.55. The molecular weight excluding hydrogens is 348 g/mol. The summed E-state index contributed by atoms with van der Waals surface area (Å²) >= 11 is 0. The molecule has 0 spiro atoms. The lowest BCUT2D eigenvalue weighted by molar-refractivity contribution is 0.251. The molecule has 27 heavy (non-hydrogen) atoms. The molecule has 2 N–H and O–H groups in total. The molecule has 0 atom stereocenters. The minimum atomic E-state index is -0.383. The predicted octanol–water partition coefficient (Wildman–Crippen LogP) is 2.39. The molecular formula is C18H20N6O3. The van der Waals surface area contributed by atoms with Crippen LogP contribution in [0.15, 0.2) is 48.5 Å². The van der Waals surface area contributed by atoms with E-state index in [1.807, 2.05) is 43.3 Å². The van der Waals surface area contributed by atoms with E-state index in [0.29, 0.717) is 23.9 Å². The lowest BCUT2D eigenvalue weighted by Gasteiger charge is -2.12.